The molecule has 1 spiro atoms. The third kappa shape index (κ3) is 8.00. The molecular weight excluding hydrogens is 772 g/mol. The van der Waals surface area contributed by atoms with Crippen molar-refractivity contribution in [3.05, 3.63) is 59.2 Å². The number of fused-ring (bicyclic) bond motifs is 2. The first-order valence-electron chi connectivity index (χ1n) is 19.7. The van der Waals surface area contributed by atoms with Crippen molar-refractivity contribution in [1.82, 2.24) is 25.3 Å². The molecule has 7 rings (SSSR count). The average molecular weight is 820 g/mol. The summed E-state index contributed by atoms with van der Waals surface area (Å²) in [5, 5.41) is 13.1. The van der Waals surface area contributed by atoms with Crippen LogP contribution in [0.15, 0.2) is 36.8 Å². The number of piperidine rings is 1. The minimum absolute atomic E-state index is 0.198. The normalized spacial score (nSPS) is 22.4. The molecule has 0 radical (unpaired) electrons. The molecule has 58 heavy (non-hydrogen) atoms. The molecule has 3 aromatic rings. The van der Waals surface area contributed by atoms with Crippen LogP contribution in [0, 0.1) is 17.8 Å². The molecular formula is C40H47F6N7O5. The molecule has 3 unspecified atom stereocenters. The third-order valence-corrected chi connectivity index (χ3v) is 12.4. The lowest BCUT2D eigenvalue weighted by Gasteiger charge is -2.44. The Balaban J connectivity index is 1.13. The summed E-state index contributed by atoms with van der Waals surface area (Å²) in [5.41, 5.74) is -4.13. The first-order valence-corrected chi connectivity index (χ1v) is 19.7. The number of nitrogens with one attached hydrogen (secondary N) is 1. The van der Waals surface area contributed by atoms with E-state index in [1.54, 1.807) is 35.8 Å². The molecule has 2 N–H and O–H groups in total. The number of benzene rings is 1. The number of nitrogens with zero attached hydrogens (tertiary/aromatic N) is 6. The smallest absolute Gasteiger partial charge is 0.434 e. The van der Waals surface area contributed by atoms with E-state index in [9.17, 15) is 41.0 Å². The second kappa shape index (κ2) is 15.8. The number of anilines is 3. The van der Waals surface area contributed by atoms with Crippen molar-refractivity contribution in [2.45, 2.75) is 102 Å². The maximum atomic E-state index is 14.8. The van der Waals surface area contributed by atoms with Gasteiger partial charge in [0.2, 0.25) is 11.9 Å². The zero-order valence-electron chi connectivity index (χ0n) is 32.5. The van der Waals surface area contributed by atoms with Gasteiger partial charge in [-0.1, -0.05) is 33.6 Å². The van der Waals surface area contributed by atoms with Crippen molar-refractivity contribution in [2.24, 2.45) is 17.8 Å². The highest BCUT2D eigenvalue weighted by Crippen LogP contribution is 2.50. The van der Waals surface area contributed by atoms with Crippen molar-refractivity contribution in [2.75, 3.05) is 42.6 Å². The van der Waals surface area contributed by atoms with Gasteiger partial charge in [0.25, 0.3) is 5.91 Å². The van der Waals surface area contributed by atoms with Gasteiger partial charge in [-0.2, -0.15) is 26.3 Å². The number of halogens is 6. The van der Waals surface area contributed by atoms with Gasteiger partial charge < -0.3 is 29.7 Å². The molecule has 2 aromatic heterocycles. The van der Waals surface area contributed by atoms with Crippen LogP contribution >= 0.6 is 0 Å². The Morgan fingerprint density at radius 2 is 1.62 bits per heavy atom. The number of carboxylic acids is 1. The van der Waals surface area contributed by atoms with Gasteiger partial charge in [0, 0.05) is 75.4 Å². The van der Waals surface area contributed by atoms with E-state index in [-0.39, 0.29) is 30.5 Å². The molecule has 0 bridgehead atoms. The van der Waals surface area contributed by atoms with Crippen LogP contribution in [0.2, 0.25) is 0 Å². The zero-order chi connectivity index (χ0) is 41.6. The molecule has 1 aliphatic carbocycles. The van der Waals surface area contributed by atoms with Crippen LogP contribution in [0.4, 0.5) is 43.9 Å². The van der Waals surface area contributed by atoms with Crippen molar-refractivity contribution in [1.29, 1.82) is 0 Å². The fourth-order valence-corrected chi connectivity index (χ4v) is 9.27. The predicted molar refractivity (Wildman–Crippen MR) is 199 cm³/mol. The quantitative estimate of drug-likeness (QED) is 0.206. The number of carboxylic acid groups (broad SMARTS) is 1. The summed E-state index contributed by atoms with van der Waals surface area (Å²) in [7, 11) is 0. The molecule has 3 fully saturated rings. The minimum atomic E-state index is -5.07. The third-order valence-electron chi connectivity index (χ3n) is 12.4. The van der Waals surface area contributed by atoms with E-state index in [1.807, 2.05) is 13.0 Å². The van der Waals surface area contributed by atoms with Crippen LogP contribution in [0.5, 0.6) is 5.75 Å². The Kier molecular flexibility index (Phi) is 11.3. The Morgan fingerprint density at radius 3 is 2.22 bits per heavy atom. The number of carbonyl (C=O) groups is 2. The van der Waals surface area contributed by atoms with Crippen LogP contribution < -0.4 is 19.9 Å². The van der Waals surface area contributed by atoms with Crippen molar-refractivity contribution in [3.8, 4) is 5.75 Å². The monoisotopic (exact) mass is 819 g/mol. The molecule has 1 aromatic carbocycles. The van der Waals surface area contributed by atoms with Gasteiger partial charge in [-0.15, -0.1) is 0 Å². The van der Waals surface area contributed by atoms with Crippen LogP contribution in [-0.2, 0) is 27.3 Å². The number of hydrogen-bond acceptors (Lipinski definition) is 10. The van der Waals surface area contributed by atoms with E-state index in [1.165, 1.54) is 0 Å². The Hall–Kier alpha value is -4.74. The van der Waals surface area contributed by atoms with E-state index in [2.05, 4.69) is 25.3 Å². The summed E-state index contributed by atoms with van der Waals surface area (Å²) in [6, 6.07) is 5.37. The standard InChI is InChI=1S/C40H47F6N7O5/c1-23(2)38(34(55)56,25-6-4-5-24(3)17-25)51-33(54)29-21-49-36(50-32(29)40(44,45)46)53-22-37(11-15-57-16-12-37)30-18-28(7-8-31(30)53)58-27-9-13-52(14-10-27)35-47-19-26(20-48-35)39(41,42)43/h7-8,18-21,23-25,27H,4-6,9-17,22H2,1-3H3,(H,51,54)(H,55,56). The topological polar surface area (TPSA) is 143 Å². The fourth-order valence-electron chi connectivity index (χ4n) is 9.27. The molecule has 4 aliphatic rings. The molecule has 2 saturated heterocycles. The molecule has 3 aliphatic heterocycles. The summed E-state index contributed by atoms with van der Waals surface area (Å²) in [6.07, 6.45) is -2.53. The maximum absolute atomic E-state index is 14.8. The second-order valence-electron chi connectivity index (χ2n) is 16.4. The summed E-state index contributed by atoms with van der Waals surface area (Å²) < 4.78 is 95.5. The molecule has 1 amide bonds. The zero-order valence-corrected chi connectivity index (χ0v) is 32.5. The highest BCUT2D eigenvalue weighted by atomic mass is 19.4. The highest BCUT2D eigenvalue weighted by Gasteiger charge is 2.52. The SMILES string of the molecule is CC1CCCC(C(NC(=O)c2cnc(N3CC4(CCOCC4)c4cc(OC5CCN(c6ncc(C(F)(F)F)cn6)CC5)ccc43)nc2C(F)(F)F)(C(=O)O)C(C)C)C1. The lowest BCUT2D eigenvalue weighted by Crippen LogP contribution is -2.63. The number of aliphatic carboxylic acids is 1. The number of carbonyl (C=O) groups excluding carboxylic acids is 1. The van der Waals surface area contributed by atoms with Gasteiger partial charge in [0.05, 0.1) is 11.1 Å². The number of aromatic nitrogens is 4. The van der Waals surface area contributed by atoms with Crippen LogP contribution in [-0.4, -0.2) is 81.4 Å². The van der Waals surface area contributed by atoms with Crippen LogP contribution in [0.3, 0.4) is 0 Å². The van der Waals surface area contributed by atoms with Gasteiger partial charge >= 0.3 is 18.3 Å². The molecule has 5 heterocycles. The van der Waals surface area contributed by atoms with Crippen LogP contribution in [0.1, 0.15) is 99.3 Å². The summed E-state index contributed by atoms with van der Waals surface area (Å²) in [6.45, 7) is 7.32. The number of ether oxygens (including phenoxy) is 2. The molecule has 12 nitrogen and oxygen atoms in total. The van der Waals surface area contributed by atoms with E-state index in [0.717, 1.165) is 37.0 Å². The van der Waals surface area contributed by atoms with Crippen molar-refractivity contribution < 1.29 is 50.5 Å². The minimum Gasteiger partial charge on any atom is -0.490 e. The van der Waals surface area contributed by atoms with Crippen LogP contribution in [0.25, 0.3) is 0 Å². The molecule has 1 saturated carbocycles. The lowest BCUT2D eigenvalue weighted by atomic mass is 9.66. The molecule has 3 atom stereocenters. The first-order chi connectivity index (χ1) is 27.4. The predicted octanol–water partition coefficient (Wildman–Crippen LogP) is 7.59. The second-order valence-corrected chi connectivity index (χ2v) is 16.4. The fraction of sp³-hybridized carbons (Fsp3) is 0.600. The largest absolute Gasteiger partial charge is 0.490 e. The summed E-state index contributed by atoms with van der Waals surface area (Å²) in [4.78, 5) is 46.3. The van der Waals surface area contributed by atoms with E-state index < -0.39 is 63.8 Å². The lowest BCUT2D eigenvalue weighted by molar-refractivity contribution is -0.150. The van der Waals surface area contributed by atoms with Gasteiger partial charge in [-0.05, 0) is 67.2 Å². The summed E-state index contributed by atoms with van der Waals surface area (Å²) >= 11 is 0. The van der Waals surface area contributed by atoms with Crippen molar-refractivity contribution >= 4 is 29.5 Å². The molecule has 314 valence electrons. The van der Waals surface area contributed by atoms with E-state index >= 15 is 0 Å². The number of rotatable bonds is 9. The molecule has 18 heteroatoms. The summed E-state index contributed by atoms with van der Waals surface area (Å²) in [5.74, 6) is -2.90. The van der Waals surface area contributed by atoms with Gasteiger partial charge in [0.1, 0.15) is 17.4 Å². The first kappa shape index (κ1) is 41.4. The van der Waals surface area contributed by atoms with Gasteiger partial charge in [-0.3, -0.25) is 4.79 Å². The van der Waals surface area contributed by atoms with Crippen molar-refractivity contribution in [3.63, 3.8) is 0 Å². The average Bonchev–Trinajstić information content (AvgIpc) is 3.48. The maximum Gasteiger partial charge on any atom is 0.434 e. The Bertz CT molecular complexity index is 1980. The number of amides is 1. The van der Waals surface area contributed by atoms with Gasteiger partial charge in [0.15, 0.2) is 5.69 Å². The van der Waals surface area contributed by atoms with Gasteiger partial charge in [-0.25, -0.2) is 24.7 Å². The Labute approximate surface area is 331 Å². The van der Waals surface area contributed by atoms with E-state index in [4.69, 9.17) is 9.47 Å². The Morgan fingerprint density at radius 1 is 0.948 bits per heavy atom. The number of hydrogen-bond donors (Lipinski definition) is 2. The van der Waals surface area contributed by atoms with E-state index in [0.29, 0.717) is 76.3 Å². The highest BCUT2D eigenvalue weighted by molar-refractivity contribution is 5.99. The number of alkyl halides is 6.